The Labute approximate surface area is 102 Å². The molecule has 0 radical (unpaired) electrons. The maximum absolute atomic E-state index is 8.87. The van der Waals surface area contributed by atoms with Gasteiger partial charge in [-0.15, -0.1) is 0 Å². The number of likely N-dealkylation sites (N-methyl/N-ethyl adjacent to an activating group) is 1. The molecule has 0 unspecified atom stereocenters. The third-order valence-corrected chi connectivity index (χ3v) is 3.54. The molecule has 0 saturated carbocycles. The van der Waals surface area contributed by atoms with Crippen LogP contribution < -0.4 is 4.90 Å². The van der Waals surface area contributed by atoms with E-state index in [0.717, 1.165) is 25.3 Å². The minimum absolute atomic E-state index is 0.161. The second-order valence-corrected chi connectivity index (χ2v) is 5.17. The Hall–Kier alpha value is -1.60. The van der Waals surface area contributed by atoms with E-state index in [2.05, 4.69) is 41.7 Å². The van der Waals surface area contributed by atoms with E-state index < -0.39 is 0 Å². The van der Waals surface area contributed by atoms with Crippen LogP contribution in [0, 0.1) is 11.3 Å². The molecule has 17 heavy (non-hydrogen) atoms. The van der Waals surface area contributed by atoms with Crippen LogP contribution in [0.25, 0.3) is 0 Å². The summed E-state index contributed by atoms with van der Waals surface area (Å²) in [5.74, 6) is 0. The van der Waals surface area contributed by atoms with Crippen molar-refractivity contribution in [2.45, 2.75) is 19.4 Å². The second kappa shape index (κ2) is 4.34. The van der Waals surface area contributed by atoms with Gasteiger partial charge in [-0.2, -0.15) is 5.26 Å². The maximum Gasteiger partial charge on any atom is 0.142 e. The number of rotatable bonds is 1. The summed E-state index contributed by atoms with van der Waals surface area (Å²) in [5, 5.41) is 8.87. The zero-order chi connectivity index (χ0) is 12.5. The topological polar surface area (TPSA) is 43.2 Å². The zero-order valence-electron chi connectivity index (χ0n) is 10.6. The van der Waals surface area contributed by atoms with Gasteiger partial charge in [-0.1, -0.05) is 0 Å². The van der Waals surface area contributed by atoms with Gasteiger partial charge in [0.1, 0.15) is 11.8 Å². The average Bonchev–Trinajstić information content (AvgIpc) is 2.32. The molecule has 90 valence electrons. The molecule has 0 atom stereocenters. The molecular formula is C13H18N4. The van der Waals surface area contributed by atoms with Crippen molar-refractivity contribution >= 4 is 5.69 Å². The van der Waals surface area contributed by atoms with Crippen LogP contribution in [-0.2, 0) is 0 Å². The molecule has 0 bridgehead atoms. The predicted octanol–water partition coefficient (Wildman–Crippen LogP) is 1.48. The summed E-state index contributed by atoms with van der Waals surface area (Å²) in [7, 11) is 2.16. The monoisotopic (exact) mass is 230 g/mol. The Morgan fingerprint density at radius 2 is 2.18 bits per heavy atom. The van der Waals surface area contributed by atoms with Gasteiger partial charge in [0.05, 0.1) is 0 Å². The van der Waals surface area contributed by atoms with Crippen LogP contribution in [-0.4, -0.2) is 42.1 Å². The molecule has 2 rings (SSSR count). The van der Waals surface area contributed by atoms with Crippen LogP contribution in [0.4, 0.5) is 5.69 Å². The third-order valence-electron chi connectivity index (χ3n) is 3.54. The Morgan fingerprint density at radius 1 is 1.41 bits per heavy atom. The maximum atomic E-state index is 8.87. The van der Waals surface area contributed by atoms with Gasteiger partial charge < -0.3 is 4.90 Å². The minimum Gasteiger partial charge on any atom is -0.368 e. The first-order chi connectivity index (χ1) is 8.03. The lowest BCUT2D eigenvalue weighted by Crippen LogP contribution is -2.57. The zero-order valence-corrected chi connectivity index (χ0v) is 10.6. The highest BCUT2D eigenvalue weighted by Gasteiger charge is 2.31. The number of pyridine rings is 1. The fraction of sp³-hybridized carbons (Fsp3) is 0.538. The van der Waals surface area contributed by atoms with Crippen LogP contribution in [0.5, 0.6) is 0 Å². The van der Waals surface area contributed by atoms with Crippen LogP contribution >= 0.6 is 0 Å². The fourth-order valence-corrected chi connectivity index (χ4v) is 2.14. The van der Waals surface area contributed by atoms with Crippen molar-refractivity contribution in [3.63, 3.8) is 0 Å². The van der Waals surface area contributed by atoms with Gasteiger partial charge in [0.15, 0.2) is 0 Å². The number of nitriles is 1. The summed E-state index contributed by atoms with van der Waals surface area (Å²) in [4.78, 5) is 8.70. The van der Waals surface area contributed by atoms with Gasteiger partial charge >= 0.3 is 0 Å². The normalized spacial score (nSPS) is 20.0. The van der Waals surface area contributed by atoms with E-state index in [9.17, 15) is 0 Å². The fourth-order valence-electron chi connectivity index (χ4n) is 2.14. The van der Waals surface area contributed by atoms with Crippen molar-refractivity contribution in [2.75, 3.05) is 31.6 Å². The van der Waals surface area contributed by atoms with E-state index in [1.807, 2.05) is 12.1 Å². The largest absolute Gasteiger partial charge is 0.368 e. The number of aromatic nitrogens is 1. The second-order valence-electron chi connectivity index (χ2n) is 5.17. The van der Waals surface area contributed by atoms with E-state index in [1.54, 1.807) is 6.20 Å². The summed E-state index contributed by atoms with van der Waals surface area (Å²) in [6.07, 6.45) is 1.71. The summed E-state index contributed by atoms with van der Waals surface area (Å²) < 4.78 is 0. The highest BCUT2D eigenvalue weighted by Crippen LogP contribution is 2.24. The summed E-state index contributed by atoms with van der Waals surface area (Å²) in [5.41, 5.74) is 1.74. The van der Waals surface area contributed by atoms with Crippen molar-refractivity contribution < 1.29 is 0 Å². The van der Waals surface area contributed by atoms with Gasteiger partial charge in [-0.25, -0.2) is 4.98 Å². The molecule has 1 aliphatic rings. The molecule has 0 aliphatic carbocycles. The Kier molecular flexibility index (Phi) is 3.03. The lowest BCUT2D eigenvalue weighted by molar-refractivity contribution is 0.139. The standard InChI is InChI=1S/C13H18N4/c1-13(2)10-17(7-6-16(13)3)12-4-5-15-11(8-12)9-14/h4-5,8H,6-7,10H2,1-3H3. The van der Waals surface area contributed by atoms with Crippen molar-refractivity contribution in [1.82, 2.24) is 9.88 Å². The Balaban J connectivity index is 2.21. The van der Waals surface area contributed by atoms with E-state index >= 15 is 0 Å². The summed E-state index contributed by atoms with van der Waals surface area (Å²) >= 11 is 0. The molecule has 2 heterocycles. The van der Waals surface area contributed by atoms with Crippen molar-refractivity contribution in [3.8, 4) is 6.07 Å². The van der Waals surface area contributed by atoms with Crippen molar-refractivity contribution in [3.05, 3.63) is 24.0 Å². The Morgan fingerprint density at radius 3 is 2.82 bits per heavy atom. The number of hydrogen-bond acceptors (Lipinski definition) is 4. The predicted molar refractivity (Wildman–Crippen MR) is 67.9 cm³/mol. The molecule has 1 aromatic heterocycles. The number of hydrogen-bond donors (Lipinski definition) is 0. The SMILES string of the molecule is CN1CCN(c2ccnc(C#N)c2)CC1(C)C. The summed E-state index contributed by atoms with van der Waals surface area (Å²) in [6.45, 7) is 7.49. The van der Waals surface area contributed by atoms with E-state index in [-0.39, 0.29) is 5.54 Å². The highest BCUT2D eigenvalue weighted by molar-refractivity contribution is 5.49. The minimum atomic E-state index is 0.161. The molecule has 0 aromatic carbocycles. The first-order valence-corrected chi connectivity index (χ1v) is 5.85. The first-order valence-electron chi connectivity index (χ1n) is 5.85. The van der Waals surface area contributed by atoms with Crippen LogP contribution in [0.2, 0.25) is 0 Å². The molecule has 0 N–H and O–H groups in total. The molecule has 4 nitrogen and oxygen atoms in total. The van der Waals surface area contributed by atoms with Gasteiger partial charge in [0.25, 0.3) is 0 Å². The molecule has 1 saturated heterocycles. The van der Waals surface area contributed by atoms with Gasteiger partial charge in [0.2, 0.25) is 0 Å². The number of anilines is 1. The quantitative estimate of drug-likeness (QED) is 0.733. The molecular weight excluding hydrogens is 212 g/mol. The molecule has 1 aliphatic heterocycles. The molecule has 0 spiro atoms. The molecule has 0 amide bonds. The van der Waals surface area contributed by atoms with Crippen molar-refractivity contribution in [2.24, 2.45) is 0 Å². The first kappa shape index (κ1) is 11.9. The van der Waals surface area contributed by atoms with Crippen LogP contribution in [0.15, 0.2) is 18.3 Å². The highest BCUT2D eigenvalue weighted by atomic mass is 15.3. The van der Waals surface area contributed by atoms with Crippen LogP contribution in [0.1, 0.15) is 19.5 Å². The lowest BCUT2D eigenvalue weighted by Gasteiger charge is -2.46. The number of piperazine rings is 1. The number of nitrogens with zero attached hydrogens (tertiary/aromatic N) is 4. The van der Waals surface area contributed by atoms with Crippen molar-refractivity contribution in [1.29, 1.82) is 5.26 Å². The van der Waals surface area contributed by atoms with E-state index in [1.165, 1.54) is 0 Å². The van der Waals surface area contributed by atoms with Gasteiger partial charge in [-0.05, 0) is 33.0 Å². The Bertz CT molecular complexity index is 447. The molecule has 1 fully saturated rings. The summed E-state index contributed by atoms with van der Waals surface area (Å²) in [6, 6.07) is 5.92. The van der Waals surface area contributed by atoms with Gasteiger partial charge in [0, 0.05) is 37.1 Å². The van der Waals surface area contributed by atoms with E-state index in [0.29, 0.717) is 5.69 Å². The molecule has 1 aromatic rings. The van der Waals surface area contributed by atoms with Gasteiger partial charge in [-0.3, -0.25) is 4.90 Å². The van der Waals surface area contributed by atoms with Crippen LogP contribution in [0.3, 0.4) is 0 Å². The smallest absolute Gasteiger partial charge is 0.142 e. The average molecular weight is 230 g/mol. The molecule has 4 heteroatoms. The lowest BCUT2D eigenvalue weighted by atomic mass is 9.99. The van der Waals surface area contributed by atoms with E-state index in [4.69, 9.17) is 5.26 Å². The third kappa shape index (κ3) is 2.40.